The highest BCUT2D eigenvalue weighted by Gasteiger charge is 2.39. The summed E-state index contributed by atoms with van der Waals surface area (Å²) in [6.07, 6.45) is 0.394. The molecule has 0 saturated carbocycles. The highest BCUT2D eigenvalue weighted by Crippen LogP contribution is 2.34. The molecule has 1 fully saturated rings. The fourth-order valence-corrected chi connectivity index (χ4v) is 2.22. The SMILES string of the molecule is Cc1noc(C)c1[C@@H]1[C@@H](N)CC(=O)N1C. The molecular weight excluding hydrogens is 194 g/mol. The van der Waals surface area contributed by atoms with E-state index in [1.54, 1.807) is 11.9 Å². The Morgan fingerprint density at radius 2 is 2.20 bits per heavy atom. The second kappa shape index (κ2) is 3.34. The number of aromatic nitrogens is 1. The largest absolute Gasteiger partial charge is 0.361 e. The predicted molar refractivity (Wildman–Crippen MR) is 54.1 cm³/mol. The molecule has 0 unspecified atom stereocenters. The summed E-state index contributed by atoms with van der Waals surface area (Å²) >= 11 is 0. The third-order valence-electron chi connectivity index (χ3n) is 3.01. The Balaban J connectivity index is 2.43. The number of amides is 1. The summed E-state index contributed by atoms with van der Waals surface area (Å²) < 4.78 is 5.10. The Labute approximate surface area is 88.2 Å². The minimum absolute atomic E-state index is 0.0764. The van der Waals surface area contributed by atoms with Crippen molar-refractivity contribution in [3.05, 3.63) is 17.0 Å². The standard InChI is InChI=1S/C10H15N3O2/c1-5-9(6(2)15-12-5)10-7(11)4-8(14)13(10)3/h7,10H,4,11H2,1-3H3/t7-,10-/m0/s1. The van der Waals surface area contributed by atoms with Crippen molar-refractivity contribution in [2.24, 2.45) is 5.73 Å². The first-order valence-corrected chi connectivity index (χ1v) is 4.96. The maximum absolute atomic E-state index is 11.5. The van der Waals surface area contributed by atoms with Gasteiger partial charge in [0.1, 0.15) is 5.76 Å². The van der Waals surface area contributed by atoms with Crippen LogP contribution in [0.15, 0.2) is 4.52 Å². The lowest BCUT2D eigenvalue weighted by atomic mass is 9.99. The third-order valence-corrected chi connectivity index (χ3v) is 3.01. The minimum Gasteiger partial charge on any atom is -0.361 e. The highest BCUT2D eigenvalue weighted by atomic mass is 16.5. The lowest BCUT2D eigenvalue weighted by molar-refractivity contribution is -0.127. The van der Waals surface area contributed by atoms with Gasteiger partial charge >= 0.3 is 0 Å². The van der Waals surface area contributed by atoms with Crippen molar-refractivity contribution in [1.82, 2.24) is 10.1 Å². The van der Waals surface area contributed by atoms with E-state index in [1.165, 1.54) is 0 Å². The maximum atomic E-state index is 11.5. The van der Waals surface area contributed by atoms with E-state index < -0.39 is 0 Å². The van der Waals surface area contributed by atoms with Crippen molar-refractivity contribution < 1.29 is 9.32 Å². The topological polar surface area (TPSA) is 72.4 Å². The third kappa shape index (κ3) is 1.43. The second-order valence-corrected chi connectivity index (χ2v) is 4.06. The minimum atomic E-state index is -0.167. The lowest BCUT2D eigenvalue weighted by Crippen LogP contribution is -2.31. The van der Waals surface area contributed by atoms with Gasteiger partial charge in [-0.05, 0) is 13.8 Å². The maximum Gasteiger partial charge on any atom is 0.224 e. The van der Waals surface area contributed by atoms with Crippen molar-refractivity contribution in [3.8, 4) is 0 Å². The van der Waals surface area contributed by atoms with Gasteiger partial charge in [-0.15, -0.1) is 0 Å². The van der Waals surface area contributed by atoms with Crippen molar-refractivity contribution in [2.75, 3.05) is 7.05 Å². The second-order valence-electron chi connectivity index (χ2n) is 4.06. The summed E-state index contributed by atoms with van der Waals surface area (Å²) in [6.45, 7) is 3.72. The Hall–Kier alpha value is -1.36. The average molecular weight is 209 g/mol. The smallest absolute Gasteiger partial charge is 0.224 e. The van der Waals surface area contributed by atoms with Gasteiger partial charge in [0.15, 0.2) is 0 Å². The van der Waals surface area contributed by atoms with Crippen LogP contribution in [-0.2, 0) is 4.79 Å². The molecule has 0 radical (unpaired) electrons. The predicted octanol–water partition coefficient (Wildman–Crippen LogP) is 0.522. The van der Waals surface area contributed by atoms with Crippen LogP contribution in [0, 0.1) is 13.8 Å². The van der Waals surface area contributed by atoms with Gasteiger partial charge in [-0.25, -0.2) is 0 Å². The first-order valence-electron chi connectivity index (χ1n) is 4.96. The number of nitrogens with zero attached hydrogens (tertiary/aromatic N) is 2. The van der Waals surface area contributed by atoms with Gasteiger partial charge in [0.25, 0.3) is 0 Å². The van der Waals surface area contributed by atoms with Gasteiger partial charge in [0.05, 0.1) is 11.7 Å². The van der Waals surface area contributed by atoms with Crippen LogP contribution in [0.4, 0.5) is 0 Å². The molecule has 1 amide bonds. The highest BCUT2D eigenvalue weighted by molar-refractivity contribution is 5.80. The number of hydrogen-bond acceptors (Lipinski definition) is 4. The van der Waals surface area contributed by atoms with Gasteiger partial charge in [0, 0.05) is 25.1 Å². The molecule has 1 aliphatic heterocycles. The van der Waals surface area contributed by atoms with Crippen LogP contribution >= 0.6 is 0 Å². The number of likely N-dealkylation sites (N-methyl/N-ethyl adjacent to an activating group) is 1. The number of rotatable bonds is 1. The Kier molecular flexibility index (Phi) is 2.26. The molecule has 0 aliphatic carbocycles. The normalized spacial score (nSPS) is 26.4. The van der Waals surface area contributed by atoms with Crippen LogP contribution in [0.3, 0.4) is 0 Å². The summed E-state index contributed by atoms with van der Waals surface area (Å²) in [7, 11) is 1.77. The number of carbonyl (C=O) groups is 1. The van der Waals surface area contributed by atoms with Crippen LogP contribution < -0.4 is 5.73 Å². The number of nitrogens with two attached hydrogens (primary N) is 1. The van der Waals surface area contributed by atoms with Crippen LogP contribution in [0.2, 0.25) is 0 Å². The molecule has 2 N–H and O–H groups in total. The van der Waals surface area contributed by atoms with Crippen LogP contribution in [0.1, 0.15) is 29.5 Å². The Morgan fingerprint density at radius 3 is 2.60 bits per heavy atom. The van der Waals surface area contributed by atoms with Crippen molar-refractivity contribution in [2.45, 2.75) is 32.4 Å². The van der Waals surface area contributed by atoms with E-state index in [1.807, 2.05) is 13.8 Å². The van der Waals surface area contributed by atoms with Crippen molar-refractivity contribution in [1.29, 1.82) is 0 Å². The molecule has 0 aromatic carbocycles. The molecule has 2 rings (SSSR count). The fraction of sp³-hybridized carbons (Fsp3) is 0.600. The first kappa shape index (κ1) is 10.2. The summed E-state index contributed by atoms with van der Waals surface area (Å²) in [6, 6.07) is -0.261. The van der Waals surface area contributed by atoms with E-state index >= 15 is 0 Å². The fourth-order valence-electron chi connectivity index (χ4n) is 2.22. The molecule has 0 bridgehead atoms. The molecular formula is C10H15N3O2. The zero-order chi connectivity index (χ0) is 11.2. The molecule has 15 heavy (non-hydrogen) atoms. The van der Waals surface area contributed by atoms with Crippen molar-refractivity contribution >= 4 is 5.91 Å². The lowest BCUT2D eigenvalue weighted by Gasteiger charge is -2.22. The Morgan fingerprint density at radius 1 is 1.53 bits per heavy atom. The number of aryl methyl sites for hydroxylation is 2. The summed E-state index contributed by atoms with van der Waals surface area (Å²) in [5, 5.41) is 3.89. The monoisotopic (exact) mass is 209 g/mol. The first-order chi connectivity index (χ1) is 7.02. The van der Waals surface area contributed by atoms with Gasteiger partial charge in [0.2, 0.25) is 5.91 Å². The quantitative estimate of drug-likeness (QED) is 0.732. The molecule has 1 aliphatic rings. The van der Waals surface area contributed by atoms with E-state index in [2.05, 4.69) is 5.16 Å². The van der Waals surface area contributed by atoms with Crippen LogP contribution in [0.5, 0.6) is 0 Å². The van der Waals surface area contributed by atoms with Gasteiger partial charge in [-0.2, -0.15) is 0 Å². The Bertz CT molecular complexity index is 380. The molecule has 2 heterocycles. The zero-order valence-electron chi connectivity index (χ0n) is 9.15. The number of carbonyl (C=O) groups excluding carboxylic acids is 1. The zero-order valence-corrected chi connectivity index (χ0v) is 9.15. The molecule has 1 saturated heterocycles. The van der Waals surface area contributed by atoms with Crippen molar-refractivity contribution in [3.63, 3.8) is 0 Å². The van der Waals surface area contributed by atoms with E-state index in [9.17, 15) is 4.79 Å². The van der Waals surface area contributed by atoms with Gasteiger partial charge in [-0.1, -0.05) is 5.16 Å². The van der Waals surface area contributed by atoms with Crippen LogP contribution in [0.25, 0.3) is 0 Å². The summed E-state index contributed by atoms with van der Waals surface area (Å²) in [5.41, 5.74) is 7.73. The van der Waals surface area contributed by atoms with Gasteiger partial charge < -0.3 is 15.2 Å². The molecule has 1 aromatic rings. The molecule has 0 spiro atoms. The average Bonchev–Trinajstić information content (AvgIpc) is 2.59. The summed E-state index contributed by atoms with van der Waals surface area (Å²) in [5.74, 6) is 0.821. The number of hydrogen-bond donors (Lipinski definition) is 1. The molecule has 82 valence electrons. The van der Waals surface area contributed by atoms with Crippen LogP contribution in [-0.4, -0.2) is 29.1 Å². The van der Waals surface area contributed by atoms with E-state index in [4.69, 9.17) is 10.3 Å². The van der Waals surface area contributed by atoms with E-state index in [0.717, 1.165) is 17.0 Å². The molecule has 5 heteroatoms. The number of likely N-dealkylation sites (tertiary alicyclic amines) is 1. The molecule has 2 atom stereocenters. The summed E-state index contributed by atoms with van der Waals surface area (Å²) in [4.78, 5) is 13.2. The molecule has 5 nitrogen and oxygen atoms in total. The van der Waals surface area contributed by atoms with Gasteiger partial charge in [-0.3, -0.25) is 4.79 Å². The van der Waals surface area contributed by atoms with E-state index in [0.29, 0.717) is 6.42 Å². The molecule has 1 aromatic heterocycles. The van der Waals surface area contributed by atoms with E-state index in [-0.39, 0.29) is 18.0 Å².